The smallest absolute Gasteiger partial charge is 0.195 e. The summed E-state index contributed by atoms with van der Waals surface area (Å²) in [6, 6.07) is 14.3. The number of thioether (sulfide) groups is 1. The van der Waals surface area contributed by atoms with Crippen LogP contribution in [0.5, 0.6) is 0 Å². The van der Waals surface area contributed by atoms with Crippen LogP contribution < -0.4 is 0 Å². The topological polar surface area (TPSA) is 43.1 Å². The van der Waals surface area contributed by atoms with Gasteiger partial charge < -0.3 is 0 Å². The van der Waals surface area contributed by atoms with Crippen molar-refractivity contribution in [1.29, 1.82) is 0 Å². The Labute approximate surface area is 125 Å². The van der Waals surface area contributed by atoms with Crippen molar-refractivity contribution in [2.75, 3.05) is 0 Å². The summed E-state index contributed by atoms with van der Waals surface area (Å²) in [6.45, 7) is 0. The highest BCUT2D eigenvalue weighted by Crippen LogP contribution is 2.20. The molecule has 4 nitrogen and oxygen atoms in total. The van der Waals surface area contributed by atoms with Crippen LogP contribution in [-0.4, -0.2) is 21.1 Å². The molecule has 0 aliphatic heterocycles. The molecule has 2 heterocycles. The van der Waals surface area contributed by atoms with Gasteiger partial charge in [-0.25, -0.2) is 0 Å². The number of aromatic nitrogens is 3. The summed E-state index contributed by atoms with van der Waals surface area (Å²) in [7, 11) is 0. The van der Waals surface area contributed by atoms with E-state index in [1.54, 1.807) is 34.1 Å². The molecule has 0 amide bonds. The summed E-state index contributed by atoms with van der Waals surface area (Å²) in [5.74, 6) is 0.855. The molecule has 0 fully saturated rings. The maximum Gasteiger partial charge on any atom is 0.212 e. The number of hydrogen-bond acceptors (Lipinski definition) is 5. The van der Waals surface area contributed by atoms with Gasteiger partial charge in [0.2, 0.25) is 5.16 Å². The van der Waals surface area contributed by atoms with Gasteiger partial charge in [0.15, 0.2) is 0 Å². The highest BCUT2D eigenvalue weighted by Gasteiger charge is 2.04. The summed E-state index contributed by atoms with van der Waals surface area (Å²) in [5, 5.41) is 15.2. The molecule has 0 atom stereocenters. The Kier molecular flexibility index (Phi) is 4.25. The third-order valence-corrected chi connectivity index (χ3v) is 4.38. The molecule has 0 unspecified atom stereocenters. The van der Waals surface area contributed by atoms with Crippen LogP contribution in [0.3, 0.4) is 0 Å². The Balaban J connectivity index is 1.67. The Morgan fingerprint density at radius 2 is 2.10 bits per heavy atom. The maximum absolute atomic E-state index is 4.38. The van der Waals surface area contributed by atoms with Crippen LogP contribution in [0, 0.1) is 0 Å². The fraction of sp³-hybridized carbons (Fsp3) is 0.0714. The average molecular weight is 300 g/mol. The largest absolute Gasteiger partial charge is 0.212 e. The lowest BCUT2D eigenvalue weighted by Gasteiger charge is -2.00. The van der Waals surface area contributed by atoms with Gasteiger partial charge in [0.1, 0.15) is 6.33 Å². The second-order valence-electron chi connectivity index (χ2n) is 3.99. The summed E-state index contributed by atoms with van der Waals surface area (Å²) in [4.78, 5) is 1.11. The molecule has 0 saturated heterocycles. The van der Waals surface area contributed by atoms with E-state index in [9.17, 15) is 0 Å². The lowest BCUT2D eigenvalue weighted by molar-refractivity contribution is 0.767. The average Bonchev–Trinajstić information content (AvgIpc) is 3.15. The summed E-state index contributed by atoms with van der Waals surface area (Å²) >= 11 is 3.27. The lowest BCUT2D eigenvalue weighted by atomic mass is 10.2. The van der Waals surface area contributed by atoms with Gasteiger partial charge in [-0.2, -0.15) is 9.78 Å². The van der Waals surface area contributed by atoms with Gasteiger partial charge in [-0.15, -0.1) is 21.5 Å². The zero-order valence-electron chi connectivity index (χ0n) is 10.6. The van der Waals surface area contributed by atoms with Gasteiger partial charge in [0.05, 0.1) is 6.21 Å². The van der Waals surface area contributed by atoms with Gasteiger partial charge in [-0.1, -0.05) is 48.2 Å². The molecule has 0 spiro atoms. The van der Waals surface area contributed by atoms with Crippen molar-refractivity contribution in [1.82, 2.24) is 14.9 Å². The summed E-state index contributed by atoms with van der Waals surface area (Å²) < 4.78 is 1.70. The second-order valence-corrected chi connectivity index (χ2v) is 5.91. The van der Waals surface area contributed by atoms with E-state index in [-0.39, 0.29) is 0 Å². The highest BCUT2D eigenvalue weighted by atomic mass is 32.2. The SMILES string of the molecule is C(=N/n1cnnc1SCc1ccccc1)/c1cccs1. The summed E-state index contributed by atoms with van der Waals surface area (Å²) in [5.41, 5.74) is 1.26. The molecule has 1 aromatic carbocycles. The lowest BCUT2D eigenvalue weighted by Crippen LogP contribution is -1.91. The minimum Gasteiger partial charge on any atom is -0.195 e. The third-order valence-electron chi connectivity index (χ3n) is 2.56. The molecule has 3 rings (SSSR count). The van der Waals surface area contributed by atoms with Gasteiger partial charge in [0.25, 0.3) is 0 Å². The molecule has 2 aromatic heterocycles. The molecule has 0 radical (unpaired) electrons. The van der Waals surface area contributed by atoms with E-state index in [2.05, 4.69) is 27.4 Å². The van der Waals surface area contributed by atoms with Gasteiger partial charge >= 0.3 is 0 Å². The quantitative estimate of drug-likeness (QED) is 0.535. The van der Waals surface area contributed by atoms with Crippen LogP contribution in [0.15, 0.2) is 64.4 Å². The first kappa shape index (κ1) is 13.1. The minimum atomic E-state index is 0.793. The predicted octanol–water partition coefficient (Wildman–Crippen LogP) is 3.51. The molecule has 100 valence electrons. The molecule has 0 bridgehead atoms. The van der Waals surface area contributed by atoms with Crippen LogP contribution in [0.25, 0.3) is 0 Å². The Bertz CT molecular complexity index is 674. The van der Waals surface area contributed by atoms with E-state index in [0.29, 0.717) is 0 Å². The molecule has 6 heteroatoms. The van der Waals surface area contributed by atoms with Crippen molar-refractivity contribution in [3.05, 3.63) is 64.6 Å². The Morgan fingerprint density at radius 3 is 2.90 bits per heavy atom. The number of nitrogens with zero attached hydrogens (tertiary/aromatic N) is 4. The highest BCUT2D eigenvalue weighted by molar-refractivity contribution is 7.98. The van der Waals surface area contributed by atoms with Crippen LogP contribution >= 0.6 is 23.1 Å². The van der Waals surface area contributed by atoms with Crippen molar-refractivity contribution in [3.63, 3.8) is 0 Å². The van der Waals surface area contributed by atoms with E-state index in [1.807, 2.05) is 41.9 Å². The number of hydrogen-bond donors (Lipinski definition) is 0. The van der Waals surface area contributed by atoms with E-state index in [0.717, 1.165) is 15.8 Å². The van der Waals surface area contributed by atoms with Crippen molar-refractivity contribution >= 4 is 29.3 Å². The van der Waals surface area contributed by atoms with Crippen molar-refractivity contribution in [3.8, 4) is 0 Å². The minimum absolute atomic E-state index is 0.793. The standard InChI is InChI=1S/C14H12N4S2/c1-2-5-12(6-3-1)10-20-14-17-15-11-18(14)16-9-13-7-4-8-19-13/h1-9,11H,10H2/b16-9-. The molecule has 20 heavy (non-hydrogen) atoms. The Morgan fingerprint density at radius 1 is 1.20 bits per heavy atom. The van der Waals surface area contributed by atoms with Gasteiger partial charge in [-0.05, 0) is 17.0 Å². The fourth-order valence-electron chi connectivity index (χ4n) is 1.60. The fourth-order valence-corrected chi connectivity index (χ4v) is 3.00. The second kappa shape index (κ2) is 6.49. The summed E-state index contributed by atoms with van der Waals surface area (Å²) in [6.07, 6.45) is 3.44. The first-order valence-electron chi connectivity index (χ1n) is 6.06. The third kappa shape index (κ3) is 3.34. The van der Waals surface area contributed by atoms with Crippen molar-refractivity contribution in [2.24, 2.45) is 5.10 Å². The number of rotatable bonds is 5. The van der Waals surface area contributed by atoms with Crippen molar-refractivity contribution < 1.29 is 0 Å². The monoisotopic (exact) mass is 300 g/mol. The maximum atomic E-state index is 4.38. The van der Waals surface area contributed by atoms with E-state index < -0.39 is 0 Å². The zero-order valence-corrected chi connectivity index (χ0v) is 12.2. The van der Waals surface area contributed by atoms with Crippen molar-refractivity contribution in [2.45, 2.75) is 10.9 Å². The van der Waals surface area contributed by atoms with Gasteiger partial charge in [0, 0.05) is 10.6 Å². The zero-order chi connectivity index (χ0) is 13.6. The molecule has 0 N–H and O–H groups in total. The molecule has 3 aromatic rings. The molecular weight excluding hydrogens is 288 g/mol. The number of benzene rings is 1. The van der Waals surface area contributed by atoms with Crippen LogP contribution in [0.1, 0.15) is 10.4 Å². The first-order chi connectivity index (χ1) is 9.92. The van der Waals surface area contributed by atoms with Gasteiger partial charge in [-0.3, -0.25) is 0 Å². The predicted molar refractivity (Wildman–Crippen MR) is 83.3 cm³/mol. The number of thiophene rings is 1. The van der Waals surface area contributed by atoms with E-state index in [1.165, 1.54) is 5.56 Å². The van der Waals surface area contributed by atoms with Crippen LogP contribution in [0.4, 0.5) is 0 Å². The molecule has 0 aliphatic carbocycles. The van der Waals surface area contributed by atoms with E-state index in [4.69, 9.17) is 0 Å². The first-order valence-corrected chi connectivity index (χ1v) is 7.93. The van der Waals surface area contributed by atoms with E-state index >= 15 is 0 Å². The molecular formula is C14H12N4S2. The molecule has 0 aliphatic rings. The normalized spacial score (nSPS) is 11.2. The van der Waals surface area contributed by atoms with Crippen LogP contribution in [0.2, 0.25) is 0 Å². The van der Waals surface area contributed by atoms with Crippen LogP contribution in [-0.2, 0) is 5.75 Å². The molecule has 0 saturated carbocycles. The Hall–Kier alpha value is -1.92.